The standard InChI is InChI=1S/C34H44N2O6/c1-4-6-7-11-19-32(39)42-33(25-15-9-8-10-16-25)30(24-41-3)35-34(40)27(14-5-2)21-31(38)36-22-28-18-13-12-17-26(28)20-29(36)23-37/h4-5,8-10,12-13,15-18,27,29-30,33,37H,1-2,6-7,11,14,19-24H2,3H3,(H,35,40)/t27-,29+,30+,33+/m1/s1. The molecule has 0 saturated heterocycles. The molecule has 4 atom stereocenters. The van der Waals surface area contributed by atoms with Crippen molar-refractivity contribution in [2.45, 2.75) is 69.7 Å². The van der Waals surface area contributed by atoms with Gasteiger partial charge in [0.25, 0.3) is 0 Å². The maximum atomic E-state index is 13.7. The molecule has 2 aromatic carbocycles. The monoisotopic (exact) mass is 576 g/mol. The summed E-state index contributed by atoms with van der Waals surface area (Å²) < 4.78 is 11.4. The van der Waals surface area contributed by atoms with Gasteiger partial charge >= 0.3 is 5.97 Å². The lowest BCUT2D eigenvalue weighted by Crippen LogP contribution is -2.49. The van der Waals surface area contributed by atoms with E-state index in [-0.39, 0.29) is 56.3 Å². The average Bonchev–Trinajstić information content (AvgIpc) is 3.01. The number of benzene rings is 2. The lowest BCUT2D eigenvalue weighted by Gasteiger charge is -2.37. The summed E-state index contributed by atoms with van der Waals surface area (Å²) >= 11 is 0. The van der Waals surface area contributed by atoms with Gasteiger partial charge in [0.2, 0.25) is 11.8 Å². The first-order valence-electron chi connectivity index (χ1n) is 14.6. The molecular formula is C34H44N2O6. The Hall–Kier alpha value is -3.75. The van der Waals surface area contributed by atoms with Crippen molar-refractivity contribution in [2.75, 3.05) is 20.3 Å². The van der Waals surface area contributed by atoms with Gasteiger partial charge in [-0.2, -0.15) is 0 Å². The zero-order chi connectivity index (χ0) is 30.3. The number of hydrogen-bond donors (Lipinski definition) is 2. The lowest BCUT2D eigenvalue weighted by molar-refractivity contribution is -0.153. The zero-order valence-electron chi connectivity index (χ0n) is 24.6. The Morgan fingerprint density at radius 3 is 2.43 bits per heavy atom. The van der Waals surface area contributed by atoms with Gasteiger partial charge in [-0.25, -0.2) is 0 Å². The van der Waals surface area contributed by atoms with Crippen LogP contribution in [0.15, 0.2) is 79.9 Å². The van der Waals surface area contributed by atoms with Gasteiger partial charge < -0.3 is 24.8 Å². The second-order valence-corrected chi connectivity index (χ2v) is 10.7. The van der Waals surface area contributed by atoms with E-state index in [2.05, 4.69) is 18.5 Å². The largest absolute Gasteiger partial charge is 0.455 e. The summed E-state index contributed by atoms with van der Waals surface area (Å²) in [5.41, 5.74) is 2.89. The summed E-state index contributed by atoms with van der Waals surface area (Å²) in [6.07, 6.45) is 6.05. The molecule has 1 heterocycles. The van der Waals surface area contributed by atoms with Crippen molar-refractivity contribution < 1.29 is 29.0 Å². The molecule has 0 saturated carbocycles. The Balaban J connectivity index is 1.75. The molecule has 0 aromatic heterocycles. The second kappa shape index (κ2) is 17.3. The second-order valence-electron chi connectivity index (χ2n) is 10.7. The number of fused-ring (bicyclic) bond motifs is 1. The van der Waals surface area contributed by atoms with E-state index >= 15 is 0 Å². The number of aliphatic hydroxyl groups is 1. The molecule has 0 unspecified atom stereocenters. The highest BCUT2D eigenvalue weighted by Gasteiger charge is 2.34. The van der Waals surface area contributed by atoms with Crippen LogP contribution in [0.4, 0.5) is 0 Å². The molecule has 0 fully saturated rings. The summed E-state index contributed by atoms with van der Waals surface area (Å²) in [4.78, 5) is 41.7. The fourth-order valence-corrected chi connectivity index (χ4v) is 5.32. The molecule has 42 heavy (non-hydrogen) atoms. The number of amides is 2. The van der Waals surface area contributed by atoms with Crippen molar-refractivity contribution in [3.63, 3.8) is 0 Å². The molecule has 2 amide bonds. The van der Waals surface area contributed by atoms with Crippen molar-refractivity contribution in [2.24, 2.45) is 5.92 Å². The van der Waals surface area contributed by atoms with Crippen LogP contribution in [0.1, 0.15) is 61.3 Å². The number of carbonyl (C=O) groups excluding carboxylic acids is 3. The SMILES string of the molecule is C=CCCCCC(=O)O[C@@H](c1ccccc1)[C@H](COC)NC(=O)[C@H](CC=C)CC(=O)N1Cc2ccccc2C[C@H]1CO. The van der Waals surface area contributed by atoms with Crippen LogP contribution in [0.5, 0.6) is 0 Å². The first-order valence-corrected chi connectivity index (χ1v) is 14.6. The van der Waals surface area contributed by atoms with Gasteiger partial charge in [-0.05, 0) is 48.8 Å². The maximum absolute atomic E-state index is 13.7. The van der Waals surface area contributed by atoms with E-state index in [0.29, 0.717) is 19.4 Å². The zero-order valence-corrected chi connectivity index (χ0v) is 24.6. The molecule has 8 nitrogen and oxygen atoms in total. The first kappa shape index (κ1) is 32.8. The van der Waals surface area contributed by atoms with Crippen LogP contribution < -0.4 is 5.32 Å². The lowest BCUT2D eigenvalue weighted by atomic mass is 9.92. The molecule has 3 rings (SSSR count). The summed E-state index contributed by atoms with van der Waals surface area (Å²) in [5, 5.41) is 13.0. The van der Waals surface area contributed by atoms with Crippen molar-refractivity contribution in [3.8, 4) is 0 Å². The van der Waals surface area contributed by atoms with Crippen molar-refractivity contribution >= 4 is 17.8 Å². The molecule has 226 valence electrons. The summed E-state index contributed by atoms with van der Waals surface area (Å²) in [6.45, 7) is 7.83. The summed E-state index contributed by atoms with van der Waals surface area (Å²) in [7, 11) is 1.52. The Kier molecular flexibility index (Phi) is 13.5. The average molecular weight is 577 g/mol. The Morgan fingerprint density at radius 2 is 1.76 bits per heavy atom. The van der Waals surface area contributed by atoms with E-state index in [0.717, 1.165) is 29.5 Å². The highest BCUT2D eigenvalue weighted by Crippen LogP contribution is 2.27. The van der Waals surface area contributed by atoms with Crippen LogP contribution >= 0.6 is 0 Å². The number of hydrogen-bond acceptors (Lipinski definition) is 6. The van der Waals surface area contributed by atoms with Gasteiger partial charge in [0.05, 0.1) is 31.2 Å². The van der Waals surface area contributed by atoms with E-state index in [9.17, 15) is 19.5 Å². The molecule has 0 spiro atoms. The number of nitrogens with zero attached hydrogens (tertiary/aromatic N) is 1. The highest BCUT2D eigenvalue weighted by atomic mass is 16.5. The van der Waals surface area contributed by atoms with Gasteiger partial charge in [0.15, 0.2) is 0 Å². The fraction of sp³-hybridized carbons (Fsp3) is 0.441. The van der Waals surface area contributed by atoms with Crippen molar-refractivity contribution in [3.05, 3.63) is 96.6 Å². The number of unbranched alkanes of at least 4 members (excludes halogenated alkanes) is 2. The Morgan fingerprint density at radius 1 is 1.05 bits per heavy atom. The molecule has 2 aromatic rings. The van der Waals surface area contributed by atoms with E-state index < -0.39 is 18.1 Å². The highest BCUT2D eigenvalue weighted by molar-refractivity contribution is 5.86. The van der Waals surface area contributed by atoms with E-state index in [1.165, 1.54) is 7.11 Å². The van der Waals surface area contributed by atoms with E-state index in [1.54, 1.807) is 11.0 Å². The molecular weight excluding hydrogens is 532 g/mol. The van der Waals surface area contributed by atoms with Crippen molar-refractivity contribution in [1.29, 1.82) is 0 Å². The van der Waals surface area contributed by atoms with E-state index in [1.807, 2.05) is 60.7 Å². The van der Waals surface area contributed by atoms with Gasteiger partial charge in [0.1, 0.15) is 6.10 Å². The molecule has 1 aliphatic rings. The number of rotatable bonds is 17. The third-order valence-corrected chi connectivity index (χ3v) is 7.59. The maximum Gasteiger partial charge on any atom is 0.306 e. The molecule has 2 N–H and O–H groups in total. The minimum absolute atomic E-state index is 0.0463. The smallest absolute Gasteiger partial charge is 0.306 e. The van der Waals surface area contributed by atoms with E-state index in [4.69, 9.17) is 9.47 Å². The minimum atomic E-state index is -0.778. The molecule has 8 heteroatoms. The van der Waals surface area contributed by atoms with Gasteiger partial charge in [0, 0.05) is 26.5 Å². The molecule has 0 aliphatic carbocycles. The van der Waals surface area contributed by atoms with Crippen LogP contribution in [-0.2, 0) is 36.8 Å². The fourth-order valence-electron chi connectivity index (χ4n) is 5.32. The van der Waals surface area contributed by atoms with Gasteiger partial charge in [-0.3, -0.25) is 14.4 Å². The van der Waals surface area contributed by atoms with Crippen molar-refractivity contribution in [1.82, 2.24) is 10.2 Å². The number of methoxy groups -OCH3 is 1. The summed E-state index contributed by atoms with van der Waals surface area (Å²) in [6, 6.07) is 16.1. The van der Waals surface area contributed by atoms with Gasteiger partial charge in [-0.15, -0.1) is 13.2 Å². The number of ether oxygens (including phenoxy) is 2. The topological polar surface area (TPSA) is 105 Å². The van der Waals surface area contributed by atoms with Crippen LogP contribution in [0, 0.1) is 5.92 Å². The van der Waals surface area contributed by atoms with Crippen LogP contribution in [0.25, 0.3) is 0 Å². The first-order chi connectivity index (χ1) is 20.4. The van der Waals surface area contributed by atoms with Crippen LogP contribution in [-0.4, -0.2) is 60.2 Å². The van der Waals surface area contributed by atoms with Crippen LogP contribution in [0.2, 0.25) is 0 Å². The third-order valence-electron chi connectivity index (χ3n) is 7.59. The van der Waals surface area contributed by atoms with Crippen LogP contribution in [0.3, 0.4) is 0 Å². The quantitative estimate of drug-likeness (QED) is 0.161. The molecule has 0 bridgehead atoms. The normalized spacial score (nSPS) is 16.4. The Labute approximate surface area is 249 Å². The van der Waals surface area contributed by atoms with Gasteiger partial charge in [-0.1, -0.05) is 66.7 Å². The molecule has 0 radical (unpaired) electrons. The number of aliphatic hydroxyl groups excluding tert-OH is 1. The number of carbonyl (C=O) groups is 3. The molecule has 1 aliphatic heterocycles. The predicted octanol–water partition coefficient (Wildman–Crippen LogP) is 4.68. The number of allylic oxidation sites excluding steroid dienone is 2. The third kappa shape index (κ3) is 9.39. The predicted molar refractivity (Wildman–Crippen MR) is 162 cm³/mol. The minimum Gasteiger partial charge on any atom is -0.455 e. The number of esters is 1. The Bertz CT molecular complexity index is 1180. The summed E-state index contributed by atoms with van der Waals surface area (Å²) in [5.74, 6) is -1.62. The number of nitrogens with one attached hydrogen (secondary N) is 1.